The molecule has 0 heterocycles. The summed E-state index contributed by atoms with van der Waals surface area (Å²) in [6, 6.07) is 9.23. The molecule has 19 heavy (non-hydrogen) atoms. The lowest BCUT2D eigenvalue weighted by atomic mass is 9.86. The van der Waals surface area contributed by atoms with Crippen LogP contribution >= 0.6 is 0 Å². The highest BCUT2D eigenvalue weighted by molar-refractivity contribution is 5.32. The quantitative estimate of drug-likeness (QED) is 0.793. The molecular formula is C17H27NO. The smallest absolute Gasteiger partial charge is 0.0587 e. The van der Waals surface area contributed by atoms with Gasteiger partial charge in [-0.2, -0.15) is 0 Å². The molecule has 1 saturated carbocycles. The molecule has 1 aromatic rings. The van der Waals surface area contributed by atoms with Gasteiger partial charge in [-0.1, -0.05) is 45.0 Å². The molecule has 1 fully saturated rings. The summed E-state index contributed by atoms with van der Waals surface area (Å²) in [7, 11) is 1.75. The molecule has 1 aromatic carbocycles. The molecule has 2 nitrogen and oxygen atoms in total. The van der Waals surface area contributed by atoms with Crippen LogP contribution in [-0.2, 0) is 10.2 Å². The van der Waals surface area contributed by atoms with E-state index in [2.05, 4.69) is 50.4 Å². The molecule has 2 unspecified atom stereocenters. The second-order valence-electron chi connectivity index (χ2n) is 6.67. The molecule has 0 aromatic heterocycles. The summed E-state index contributed by atoms with van der Waals surface area (Å²) in [5.41, 5.74) is 3.18. The third-order valence-corrected chi connectivity index (χ3v) is 4.02. The topological polar surface area (TPSA) is 21.3 Å². The summed E-state index contributed by atoms with van der Waals surface area (Å²) in [4.78, 5) is 0. The van der Waals surface area contributed by atoms with Crippen LogP contribution in [0.5, 0.6) is 0 Å². The minimum atomic E-state index is 0.253. The van der Waals surface area contributed by atoms with Gasteiger partial charge in [0, 0.05) is 13.7 Å². The number of benzene rings is 1. The maximum Gasteiger partial charge on any atom is 0.0587 e. The van der Waals surface area contributed by atoms with Crippen molar-refractivity contribution in [2.45, 2.75) is 38.5 Å². The van der Waals surface area contributed by atoms with Crippen LogP contribution in [0.2, 0.25) is 0 Å². The molecule has 2 heteroatoms. The van der Waals surface area contributed by atoms with Gasteiger partial charge in [-0.25, -0.2) is 0 Å². The van der Waals surface area contributed by atoms with Crippen LogP contribution < -0.4 is 5.32 Å². The fourth-order valence-electron chi connectivity index (χ4n) is 2.57. The zero-order chi connectivity index (χ0) is 13.9. The fraction of sp³-hybridized carbons (Fsp3) is 0.647. The standard InChI is InChI=1S/C17H27NO/c1-17(2,3)15-7-5-13(6-8-15)16-11-14(16)12-18-9-10-19-4/h5-8,14,16,18H,9-12H2,1-4H3. The molecular weight excluding hydrogens is 234 g/mol. The molecule has 0 amide bonds. The predicted octanol–water partition coefficient (Wildman–Crippen LogP) is 3.32. The molecule has 0 radical (unpaired) electrons. The van der Waals surface area contributed by atoms with Gasteiger partial charge in [0.25, 0.3) is 0 Å². The van der Waals surface area contributed by atoms with Crippen molar-refractivity contribution in [1.29, 1.82) is 0 Å². The Kier molecular flexibility index (Phi) is 4.64. The molecule has 0 bridgehead atoms. The van der Waals surface area contributed by atoms with E-state index in [1.807, 2.05) is 0 Å². The summed E-state index contributed by atoms with van der Waals surface area (Å²) in [5.74, 6) is 1.58. The van der Waals surface area contributed by atoms with Gasteiger partial charge in [-0.3, -0.25) is 0 Å². The highest BCUT2D eigenvalue weighted by Crippen LogP contribution is 2.47. The zero-order valence-corrected chi connectivity index (χ0v) is 12.7. The summed E-state index contributed by atoms with van der Waals surface area (Å²) >= 11 is 0. The Morgan fingerprint density at radius 2 is 1.89 bits per heavy atom. The number of ether oxygens (including phenoxy) is 1. The van der Waals surface area contributed by atoms with E-state index in [0.29, 0.717) is 0 Å². The second-order valence-corrected chi connectivity index (χ2v) is 6.67. The SMILES string of the molecule is COCCNCC1CC1c1ccc(C(C)(C)C)cc1. The molecule has 1 N–H and O–H groups in total. The summed E-state index contributed by atoms with van der Waals surface area (Å²) in [6.45, 7) is 9.68. The molecule has 106 valence electrons. The van der Waals surface area contributed by atoms with E-state index in [1.165, 1.54) is 17.5 Å². The van der Waals surface area contributed by atoms with Crippen LogP contribution in [0.3, 0.4) is 0 Å². The second kappa shape index (κ2) is 6.06. The highest BCUT2D eigenvalue weighted by atomic mass is 16.5. The first-order chi connectivity index (χ1) is 9.02. The van der Waals surface area contributed by atoms with Crippen molar-refractivity contribution in [2.75, 3.05) is 26.8 Å². The normalized spacial score (nSPS) is 22.5. The number of hydrogen-bond donors (Lipinski definition) is 1. The largest absolute Gasteiger partial charge is 0.383 e. The predicted molar refractivity (Wildman–Crippen MR) is 80.7 cm³/mol. The Morgan fingerprint density at radius 1 is 1.21 bits per heavy atom. The van der Waals surface area contributed by atoms with Crippen molar-refractivity contribution >= 4 is 0 Å². The van der Waals surface area contributed by atoms with E-state index in [-0.39, 0.29) is 5.41 Å². The monoisotopic (exact) mass is 261 g/mol. The van der Waals surface area contributed by atoms with Gasteiger partial charge in [-0.05, 0) is 41.3 Å². The van der Waals surface area contributed by atoms with Gasteiger partial charge in [0.1, 0.15) is 0 Å². The van der Waals surface area contributed by atoms with Gasteiger partial charge >= 0.3 is 0 Å². The summed E-state index contributed by atoms with van der Waals surface area (Å²) < 4.78 is 5.04. The van der Waals surface area contributed by atoms with Crippen LogP contribution in [0, 0.1) is 5.92 Å². The molecule has 2 atom stereocenters. The van der Waals surface area contributed by atoms with Gasteiger partial charge in [0.2, 0.25) is 0 Å². The summed E-state index contributed by atoms with van der Waals surface area (Å²) in [5, 5.41) is 3.46. The van der Waals surface area contributed by atoms with Crippen LogP contribution in [0.15, 0.2) is 24.3 Å². The first-order valence-corrected chi connectivity index (χ1v) is 7.32. The third-order valence-electron chi connectivity index (χ3n) is 4.02. The molecule has 1 aliphatic carbocycles. The fourth-order valence-corrected chi connectivity index (χ4v) is 2.57. The lowest BCUT2D eigenvalue weighted by molar-refractivity contribution is 0.199. The van der Waals surface area contributed by atoms with Gasteiger partial charge in [0.05, 0.1) is 6.61 Å². The average Bonchev–Trinajstić information content (AvgIpc) is 3.13. The van der Waals surface area contributed by atoms with Crippen LogP contribution in [-0.4, -0.2) is 26.8 Å². The Morgan fingerprint density at radius 3 is 2.47 bits per heavy atom. The maximum absolute atomic E-state index is 5.04. The van der Waals surface area contributed by atoms with Crippen molar-refractivity contribution in [3.05, 3.63) is 35.4 Å². The van der Waals surface area contributed by atoms with Crippen molar-refractivity contribution in [3.63, 3.8) is 0 Å². The Balaban J connectivity index is 1.81. The van der Waals surface area contributed by atoms with Crippen LogP contribution in [0.4, 0.5) is 0 Å². The van der Waals surface area contributed by atoms with E-state index >= 15 is 0 Å². The molecule has 2 rings (SSSR count). The van der Waals surface area contributed by atoms with Crippen molar-refractivity contribution in [2.24, 2.45) is 5.92 Å². The van der Waals surface area contributed by atoms with Crippen LogP contribution in [0.1, 0.15) is 44.2 Å². The van der Waals surface area contributed by atoms with E-state index in [9.17, 15) is 0 Å². The number of nitrogens with one attached hydrogen (secondary N) is 1. The van der Waals surface area contributed by atoms with Gasteiger partial charge in [0.15, 0.2) is 0 Å². The molecule has 1 aliphatic rings. The Labute approximate surface area is 117 Å². The molecule has 0 aliphatic heterocycles. The number of methoxy groups -OCH3 is 1. The van der Waals surface area contributed by atoms with E-state index in [4.69, 9.17) is 4.74 Å². The minimum absolute atomic E-state index is 0.253. The van der Waals surface area contributed by atoms with E-state index in [1.54, 1.807) is 7.11 Å². The maximum atomic E-state index is 5.04. The van der Waals surface area contributed by atoms with E-state index < -0.39 is 0 Å². The van der Waals surface area contributed by atoms with Crippen LogP contribution in [0.25, 0.3) is 0 Å². The first kappa shape index (κ1) is 14.5. The van der Waals surface area contributed by atoms with Crippen molar-refractivity contribution in [1.82, 2.24) is 5.32 Å². The van der Waals surface area contributed by atoms with Crippen molar-refractivity contribution < 1.29 is 4.74 Å². The Bertz CT molecular complexity index is 391. The minimum Gasteiger partial charge on any atom is -0.383 e. The van der Waals surface area contributed by atoms with E-state index in [0.717, 1.165) is 31.5 Å². The Hall–Kier alpha value is -0.860. The highest BCUT2D eigenvalue weighted by Gasteiger charge is 2.37. The number of rotatable bonds is 6. The number of hydrogen-bond acceptors (Lipinski definition) is 2. The molecule has 0 spiro atoms. The third kappa shape index (κ3) is 4.05. The first-order valence-electron chi connectivity index (χ1n) is 7.32. The molecule has 0 saturated heterocycles. The lowest BCUT2D eigenvalue weighted by Gasteiger charge is -2.19. The lowest BCUT2D eigenvalue weighted by Crippen LogP contribution is -2.21. The zero-order valence-electron chi connectivity index (χ0n) is 12.7. The average molecular weight is 261 g/mol. The van der Waals surface area contributed by atoms with Gasteiger partial charge in [-0.15, -0.1) is 0 Å². The van der Waals surface area contributed by atoms with Crippen molar-refractivity contribution in [3.8, 4) is 0 Å². The van der Waals surface area contributed by atoms with Gasteiger partial charge < -0.3 is 10.1 Å². The summed E-state index contributed by atoms with van der Waals surface area (Å²) in [6.07, 6.45) is 1.33.